The molecule has 4 rings (SSSR count). The zero-order valence-corrected chi connectivity index (χ0v) is 16.6. The van der Waals surface area contributed by atoms with Crippen LogP contribution >= 0.6 is 11.3 Å². The standard InChI is InChI=1S/C20H19N3O6S/c24-17(8-29-9-18(25)26)21-13-6-16-19(27)22-15-2-1-11(12-3-4-30-10-12)5-14(15)20(28)23(16)7-13/h1-5,10,13,16H,6-9H2,(H,21,24)(H,22,27)(H,25,26). The lowest BCUT2D eigenvalue weighted by Gasteiger charge is -2.20. The Labute approximate surface area is 175 Å². The third-order valence-electron chi connectivity index (χ3n) is 5.05. The number of nitrogens with zero attached hydrogens (tertiary/aromatic N) is 1. The van der Waals surface area contributed by atoms with Gasteiger partial charge in [0.25, 0.3) is 5.91 Å². The molecular formula is C20H19N3O6S. The number of hydrogen-bond acceptors (Lipinski definition) is 6. The molecule has 0 spiro atoms. The van der Waals surface area contributed by atoms with Crippen molar-refractivity contribution in [1.29, 1.82) is 0 Å². The summed E-state index contributed by atoms with van der Waals surface area (Å²) in [6.07, 6.45) is 0.271. The summed E-state index contributed by atoms with van der Waals surface area (Å²) in [6.45, 7) is -0.791. The van der Waals surface area contributed by atoms with E-state index in [0.717, 1.165) is 11.1 Å². The summed E-state index contributed by atoms with van der Waals surface area (Å²) in [5, 5.41) is 18.0. The minimum atomic E-state index is -1.17. The lowest BCUT2D eigenvalue weighted by molar-refractivity contribution is -0.143. The molecule has 2 atom stereocenters. The highest BCUT2D eigenvalue weighted by molar-refractivity contribution is 7.08. The first-order chi connectivity index (χ1) is 14.4. The van der Waals surface area contributed by atoms with Crippen LogP contribution in [0.15, 0.2) is 35.0 Å². The van der Waals surface area contributed by atoms with E-state index in [1.54, 1.807) is 23.5 Å². The van der Waals surface area contributed by atoms with Crippen molar-refractivity contribution in [1.82, 2.24) is 10.2 Å². The van der Waals surface area contributed by atoms with Crippen LogP contribution in [-0.4, -0.2) is 65.5 Å². The average Bonchev–Trinajstić information content (AvgIpc) is 3.36. The number of carboxylic acids is 1. The molecule has 2 aliphatic rings. The van der Waals surface area contributed by atoms with Crippen molar-refractivity contribution in [3.05, 3.63) is 40.6 Å². The molecule has 0 saturated carbocycles. The van der Waals surface area contributed by atoms with Gasteiger partial charge >= 0.3 is 5.97 Å². The molecule has 1 saturated heterocycles. The van der Waals surface area contributed by atoms with Gasteiger partial charge in [0.05, 0.1) is 11.3 Å². The first-order valence-corrected chi connectivity index (χ1v) is 10.2. The van der Waals surface area contributed by atoms with Crippen LogP contribution in [0.25, 0.3) is 11.1 Å². The lowest BCUT2D eigenvalue weighted by Crippen LogP contribution is -2.41. The van der Waals surface area contributed by atoms with Crippen LogP contribution in [0.4, 0.5) is 5.69 Å². The van der Waals surface area contributed by atoms with Crippen molar-refractivity contribution < 1.29 is 29.0 Å². The van der Waals surface area contributed by atoms with Crippen LogP contribution in [0.2, 0.25) is 0 Å². The van der Waals surface area contributed by atoms with Crippen molar-refractivity contribution in [2.45, 2.75) is 18.5 Å². The minimum absolute atomic E-state index is 0.184. The largest absolute Gasteiger partial charge is 0.480 e. The van der Waals surface area contributed by atoms with Gasteiger partial charge in [0.2, 0.25) is 11.8 Å². The van der Waals surface area contributed by atoms with Crippen molar-refractivity contribution in [2.75, 3.05) is 25.1 Å². The maximum Gasteiger partial charge on any atom is 0.329 e. The molecule has 3 N–H and O–H groups in total. The highest BCUT2D eigenvalue weighted by Gasteiger charge is 2.43. The fourth-order valence-electron chi connectivity index (χ4n) is 3.72. The van der Waals surface area contributed by atoms with E-state index in [-0.39, 0.29) is 24.8 Å². The molecule has 0 radical (unpaired) electrons. The number of hydrogen-bond donors (Lipinski definition) is 3. The molecule has 9 nitrogen and oxygen atoms in total. The second-order valence-corrected chi connectivity index (χ2v) is 7.90. The maximum atomic E-state index is 13.2. The first-order valence-electron chi connectivity index (χ1n) is 9.29. The monoisotopic (exact) mass is 429 g/mol. The summed E-state index contributed by atoms with van der Waals surface area (Å²) in [5.41, 5.74) is 2.76. The maximum absolute atomic E-state index is 13.2. The normalized spacial score (nSPS) is 20.2. The van der Waals surface area contributed by atoms with Crippen molar-refractivity contribution >= 4 is 40.7 Å². The number of rotatable bonds is 6. The molecule has 1 aromatic heterocycles. The van der Waals surface area contributed by atoms with E-state index in [9.17, 15) is 19.2 Å². The van der Waals surface area contributed by atoms with Gasteiger partial charge in [-0.3, -0.25) is 14.4 Å². The number of carboxylic acid groups (broad SMARTS) is 1. The third-order valence-corrected chi connectivity index (χ3v) is 5.73. The summed E-state index contributed by atoms with van der Waals surface area (Å²) in [7, 11) is 0. The lowest BCUT2D eigenvalue weighted by atomic mass is 10.0. The highest BCUT2D eigenvalue weighted by Crippen LogP contribution is 2.32. The van der Waals surface area contributed by atoms with Crippen molar-refractivity contribution in [2.24, 2.45) is 0 Å². The van der Waals surface area contributed by atoms with Gasteiger partial charge in [0.15, 0.2) is 0 Å². The van der Waals surface area contributed by atoms with Crippen molar-refractivity contribution in [3.8, 4) is 11.1 Å². The van der Waals surface area contributed by atoms with Gasteiger partial charge in [-0.2, -0.15) is 11.3 Å². The highest BCUT2D eigenvalue weighted by atomic mass is 32.1. The number of amides is 3. The molecule has 3 heterocycles. The number of thiophene rings is 1. The molecule has 2 aliphatic heterocycles. The van der Waals surface area contributed by atoms with Crippen LogP contribution in [-0.2, 0) is 19.1 Å². The average molecular weight is 429 g/mol. The zero-order valence-electron chi connectivity index (χ0n) is 15.8. The predicted octanol–water partition coefficient (Wildman–Crippen LogP) is 1.17. The number of nitrogens with one attached hydrogen (secondary N) is 2. The number of aliphatic carboxylic acids is 1. The van der Waals surface area contributed by atoms with Gasteiger partial charge in [0, 0.05) is 12.6 Å². The molecule has 0 aliphatic carbocycles. The SMILES string of the molecule is O=C(O)COCC(=O)NC1CC2C(=O)Nc3ccc(-c4ccsc4)cc3C(=O)N2C1. The zero-order chi connectivity index (χ0) is 21.3. The van der Waals surface area contributed by atoms with E-state index < -0.39 is 37.2 Å². The van der Waals surface area contributed by atoms with E-state index in [2.05, 4.69) is 10.6 Å². The molecule has 1 aromatic carbocycles. The molecule has 2 aromatic rings. The molecule has 10 heteroatoms. The Morgan fingerprint density at radius 3 is 2.80 bits per heavy atom. The smallest absolute Gasteiger partial charge is 0.329 e. The number of ether oxygens (including phenoxy) is 1. The predicted molar refractivity (Wildman–Crippen MR) is 108 cm³/mol. The minimum Gasteiger partial charge on any atom is -0.480 e. The summed E-state index contributed by atoms with van der Waals surface area (Å²) in [6, 6.07) is 6.22. The molecule has 156 valence electrons. The molecular weight excluding hydrogens is 410 g/mol. The Morgan fingerprint density at radius 1 is 1.23 bits per heavy atom. The fourth-order valence-corrected chi connectivity index (χ4v) is 4.39. The quantitative estimate of drug-likeness (QED) is 0.633. The van der Waals surface area contributed by atoms with Crippen LogP contribution in [0, 0.1) is 0 Å². The molecule has 30 heavy (non-hydrogen) atoms. The first kappa shape index (κ1) is 20.0. The Hall–Kier alpha value is -3.24. The molecule has 1 fully saturated rings. The molecule has 2 unspecified atom stereocenters. The number of carbonyl (C=O) groups excluding carboxylic acids is 3. The van der Waals surface area contributed by atoms with Crippen LogP contribution in [0.5, 0.6) is 0 Å². The summed E-state index contributed by atoms with van der Waals surface area (Å²) >= 11 is 1.56. The van der Waals surface area contributed by atoms with Crippen molar-refractivity contribution in [3.63, 3.8) is 0 Å². The number of anilines is 1. The Morgan fingerprint density at radius 2 is 2.07 bits per heavy atom. The number of fused-ring (bicyclic) bond motifs is 2. The summed E-state index contributed by atoms with van der Waals surface area (Å²) in [5.74, 6) is -2.24. The summed E-state index contributed by atoms with van der Waals surface area (Å²) < 4.78 is 4.77. The summed E-state index contributed by atoms with van der Waals surface area (Å²) in [4.78, 5) is 49.8. The Bertz CT molecular complexity index is 1010. The number of carbonyl (C=O) groups is 4. The number of benzene rings is 1. The fraction of sp³-hybridized carbons (Fsp3) is 0.300. The van der Waals surface area contributed by atoms with Crippen LogP contribution in [0.1, 0.15) is 16.8 Å². The van der Waals surface area contributed by atoms with E-state index in [0.29, 0.717) is 11.3 Å². The molecule has 3 amide bonds. The van der Waals surface area contributed by atoms with E-state index in [1.165, 1.54) is 4.90 Å². The van der Waals surface area contributed by atoms with Gasteiger partial charge in [-0.05, 0) is 46.5 Å². The van der Waals surface area contributed by atoms with Crippen LogP contribution < -0.4 is 10.6 Å². The second-order valence-electron chi connectivity index (χ2n) is 7.12. The Kier molecular flexibility index (Phi) is 5.51. The van der Waals surface area contributed by atoms with E-state index in [1.807, 2.05) is 22.9 Å². The third kappa shape index (κ3) is 4.05. The van der Waals surface area contributed by atoms with Gasteiger partial charge in [0.1, 0.15) is 19.3 Å². The van der Waals surface area contributed by atoms with E-state index >= 15 is 0 Å². The second kappa shape index (κ2) is 8.25. The van der Waals surface area contributed by atoms with Gasteiger partial charge in [-0.1, -0.05) is 6.07 Å². The van der Waals surface area contributed by atoms with Gasteiger partial charge in [-0.15, -0.1) is 0 Å². The van der Waals surface area contributed by atoms with E-state index in [4.69, 9.17) is 9.84 Å². The molecule has 0 bridgehead atoms. The van der Waals surface area contributed by atoms with Gasteiger partial charge in [-0.25, -0.2) is 4.79 Å². The topological polar surface area (TPSA) is 125 Å². The Balaban J connectivity index is 1.49. The van der Waals surface area contributed by atoms with Crippen LogP contribution in [0.3, 0.4) is 0 Å². The van der Waals surface area contributed by atoms with Gasteiger partial charge < -0.3 is 25.4 Å².